The fourth-order valence-corrected chi connectivity index (χ4v) is 9.67. The summed E-state index contributed by atoms with van der Waals surface area (Å²) >= 11 is 1.63. The number of tetrazole rings is 1. The Morgan fingerprint density at radius 1 is 0.603 bits per heavy atom. The van der Waals surface area contributed by atoms with Crippen LogP contribution in [-0.2, 0) is 31.0 Å². The molecule has 0 fully saturated rings. The van der Waals surface area contributed by atoms with Crippen LogP contribution in [0.1, 0.15) is 81.3 Å². The number of aryl methyl sites for hydroxylation is 1. The Morgan fingerprint density at radius 3 is 1.74 bits per heavy atom. The molecule has 0 spiro atoms. The molecule has 0 unspecified atom stereocenters. The van der Waals surface area contributed by atoms with Gasteiger partial charge in [0.2, 0.25) is 17.7 Å². The smallest absolute Gasteiger partial charge is 0.230 e. The van der Waals surface area contributed by atoms with E-state index in [2.05, 4.69) is 143 Å². The molecule has 7 rings (SSSR count). The SMILES string of the molecule is CC(C)(CCCCOc1cc(-c2ccccc2)cc(-c2ccccc2)n1)c1nnnn1CCCC(=O)NCCCOCCCNC(=O)CSC(c1ccccc1)(c1ccccc1)c1ccccc1. The van der Waals surface area contributed by atoms with Crippen LogP contribution in [0.4, 0.5) is 0 Å². The molecule has 5 aromatic carbocycles. The number of carbonyl (C=O) groups excluding carboxylic acids is 2. The van der Waals surface area contributed by atoms with Crippen LogP contribution in [-0.4, -0.2) is 75.7 Å². The van der Waals surface area contributed by atoms with E-state index in [4.69, 9.17) is 14.5 Å². The molecule has 0 aliphatic rings. The summed E-state index contributed by atoms with van der Waals surface area (Å²) in [5.74, 6) is 1.71. The standard InChI is InChI=1S/C56H63N7O4S/c1-55(2,34-18-19-40-67-53-42-46(44-23-8-3-9-24-44)41-50(59-53)45-25-10-4-11-26-45)54-60-61-62-63(54)37-20-33-51(64)57-35-21-38-66-39-22-36-58-52(65)43-68-56(47-27-12-5-13-28-47,48-29-14-6-15-30-48)49-31-16-7-17-32-49/h3-17,23-32,41-42H,18-22,33-40,43H2,1-2H3,(H,57,64)(H,58,65). The van der Waals surface area contributed by atoms with Gasteiger partial charge in [-0.15, -0.1) is 16.9 Å². The Morgan fingerprint density at radius 2 is 1.15 bits per heavy atom. The van der Waals surface area contributed by atoms with Gasteiger partial charge >= 0.3 is 0 Å². The van der Waals surface area contributed by atoms with Crippen molar-refractivity contribution in [3.05, 3.63) is 186 Å². The van der Waals surface area contributed by atoms with Crippen LogP contribution >= 0.6 is 11.8 Å². The lowest BCUT2D eigenvalue weighted by molar-refractivity contribution is -0.121. The fraction of sp³-hybridized carbons (Fsp3) is 0.321. The van der Waals surface area contributed by atoms with Crippen LogP contribution in [0.2, 0.25) is 0 Å². The molecule has 12 heteroatoms. The van der Waals surface area contributed by atoms with Crippen LogP contribution in [0.25, 0.3) is 22.4 Å². The highest BCUT2D eigenvalue weighted by Crippen LogP contribution is 2.48. The van der Waals surface area contributed by atoms with Crippen molar-refractivity contribution < 1.29 is 19.1 Å². The topological polar surface area (TPSA) is 133 Å². The molecule has 352 valence electrons. The minimum Gasteiger partial charge on any atom is -0.478 e. The number of hydrogen-bond acceptors (Lipinski definition) is 9. The zero-order valence-electron chi connectivity index (χ0n) is 39.3. The van der Waals surface area contributed by atoms with Gasteiger partial charge in [-0.05, 0) is 82.8 Å². The summed E-state index contributed by atoms with van der Waals surface area (Å²) < 4.78 is 13.3. The predicted octanol–water partition coefficient (Wildman–Crippen LogP) is 10.5. The third-order valence-electron chi connectivity index (χ3n) is 11.9. The molecule has 7 aromatic rings. The molecule has 2 heterocycles. The minimum absolute atomic E-state index is 0.00466. The first-order valence-electron chi connectivity index (χ1n) is 23.8. The number of amides is 2. The number of rotatable bonds is 27. The molecule has 0 saturated heterocycles. The largest absolute Gasteiger partial charge is 0.478 e. The Hall–Kier alpha value is -6.63. The Balaban J connectivity index is 0.754. The third-order valence-corrected chi connectivity index (χ3v) is 13.4. The lowest BCUT2D eigenvalue weighted by Gasteiger charge is -2.35. The molecular formula is C56H63N7O4S. The number of pyridine rings is 1. The van der Waals surface area contributed by atoms with Crippen molar-refractivity contribution in [1.82, 2.24) is 35.8 Å². The molecule has 0 aliphatic heterocycles. The zero-order chi connectivity index (χ0) is 47.3. The molecule has 0 radical (unpaired) electrons. The van der Waals surface area contributed by atoms with Crippen molar-refractivity contribution in [1.29, 1.82) is 0 Å². The Kier molecular flexibility index (Phi) is 18.5. The first-order valence-corrected chi connectivity index (χ1v) is 24.7. The number of nitrogens with one attached hydrogen (secondary N) is 2. The lowest BCUT2D eigenvalue weighted by Crippen LogP contribution is -2.32. The van der Waals surface area contributed by atoms with Gasteiger partial charge in [-0.3, -0.25) is 9.59 Å². The number of hydrogen-bond donors (Lipinski definition) is 2. The summed E-state index contributed by atoms with van der Waals surface area (Å²) in [5, 5.41) is 18.7. The first-order chi connectivity index (χ1) is 33.3. The summed E-state index contributed by atoms with van der Waals surface area (Å²) in [6.07, 6.45) is 5.06. The molecule has 0 atom stereocenters. The van der Waals surface area contributed by atoms with Gasteiger partial charge in [0.1, 0.15) is 0 Å². The normalized spacial score (nSPS) is 11.6. The van der Waals surface area contributed by atoms with E-state index in [1.165, 1.54) is 0 Å². The summed E-state index contributed by atoms with van der Waals surface area (Å²) in [6.45, 7) is 7.54. The van der Waals surface area contributed by atoms with Crippen molar-refractivity contribution in [3.8, 4) is 28.3 Å². The second-order valence-electron chi connectivity index (χ2n) is 17.4. The summed E-state index contributed by atoms with van der Waals surface area (Å²) in [7, 11) is 0. The van der Waals surface area contributed by atoms with Crippen LogP contribution in [0.15, 0.2) is 164 Å². The maximum atomic E-state index is 13.2. The Bertz CT molecular complexity index is 2430. The van der Waals surface area contributed by atoms with Crippen molar-refractivity contribution in [2.45, 2.75) is 75.5 Å². The molecule has 0 bridgehead atoms. The molecule has 0 aliphatic carbocycles. The maximum Gasteiger partial charge on any atom is 0.230 e. The number of unbranched alkanes of at least 4 members (excludes halogenated alkanes) is 1. The summed E-state index contributed by atoms with van der Waals surface area (Å²) in [5.41, 5.74) is 7.23. The van der Waals surface area contributed by atoms with Gasteiger partial charge in [-0.1, -0.05) is 166 Å². The number of benzene rings is 5. The van der Waals surface area contributed by atoms with Gasteiger partial charge in [-0.2, -0.15) is 0 Å². The number of aromatic nitrogens is 5. The van der Waals surface area contributed by atoms with Crippen LogP contribution < -0.4 is 15.4 Å². The second-order valence-corrected chi connectivity index (χ2v) is 18.6. The monoisotopic (exact) mass is 929 g/mol. The number of thioether (sulfide) groups is 1. The summed E-state index contributed by atoms with van der Waals surface area (Å²) in [4.78, 5) is 30.7. The van der Waals surface area contributed by atoms with Gasteiger partial charge in [0.15, 0.2) is 5.82 Å². The van der Waals surface area contributed by atoms with Crippen LogP contribution in [0, 0.1) is 0 Å². The average Bonchev–Trinajstić information content (AvgIpc) is 3.87. The van der Waals surface area contributed by atoms with Crippen LogP contribution in [0.3, 0.4) is 0 Å². The lowest BCUT2D eigenvalue weighted by atomic mass is 9.84. The molecule has 0 saturated carbocycles. The van der Waals surface area contributed by atoms with E-state index < -0.39 is 4.75 Å². The molecule has 11 nitrogen and oxygen atoms in total. The van der Waals surface area contributed by atoms with Crippen molar-refractivity contribution in [3.63, 3.8) is 0 Å². The van der Waals surface area contributed by atoms with E-state index in [9.17, 15) is 9.59 Å². The van der Waals surface area contributed by atoms with Gasteiger partial charge in [0, 0.05) is 56.3 Å². The van der Waals surface area contributed by atoms with E-state index in [1.54, 1.807) is 11.8 Å². The van der Waals surface area contributed by atoms with Crippen molar-refractivity contribution in [2.75, 3.05) is 38.7 Å². The molecular weight excluding hydrogens is 867 g/mol. The van der Waals surface area contributed by atoms with Crippen molar-refractivity contribution >= 4 is 23.6 Å². The molecule has 68 heavy (non-hydrogen) atoms. The Labute approximate surface area is 405 Å². The number of carbonyl (C=O) groups is 2. The second kappa shape index (κ2) is 25.5. The van der Waals surface area contributed by atoms with Gasteiger partial charge in [0.25, 0.3) is 0 Å². The van der Waals surface area contributed by atoms with E-state index in [0.717, 1.165) is 64.2 Å². The molecule has 2 aromatic heterocycles. The van der Waals surface area contributed by atoms with E-state index in [1.807, 2.05) is 65.3 Å². The summed E-state index contributed by atoms with van der Waals surface area (Å²) in [6, 6.07) is 55.8. The van der Waals surface area contributed by atoms with E-state index in [0.29, 0.717) is 76.8 Å². The third kappa shape index (κ3) is 14.0. The van der Waals surface area contributed by atoms with Gasteiger partial charge in [-0.25, -0.2) is 9.67 Å². The highest BCUT2D eigenvalue weighted by atomic mass is 32.2. The maximum absolute atomic E-state index is 13.2. The first kappa shape index (κ1) is 49.3. The van der Waals surface area contributed by atoms with Crippen molar-refractivity contribution in [2.24, 2.45) is 0 Å². The van der Waals surface area contributed by atoms with Crippen LogP contribution in [0.5, 0.6) is 5.88 Å². The average molecular weight is 930 g/mol. The predicted molar refractivity (Wildman–Crippen MR) is 272 cm³/mol. The highest BCUT2D eigenvalue weighted by Gasteiger charge is 2.37. The highest BCUT2D eigenvalue weighted by molar-refractivity contribution is 8.01. The minimum atomic E-state index is -0.542. The zero-order valence-corrected chi connectivity index (χ0v) is 40.1. The number of ether oxygens (including phenoxy) is 2. The van der Waals surface area contributed by atoms with E-state index >= 15 is 0 Å². The van der Waals surface area contributed by atoms with Gasteiger partial charge in [0.05, 0.1) is 22.8 Å². The molecule has 2 amide bonds. The quantitative estimate of drug-likeness (QED) is 0.0382. The fourth-order valence-electron chi connectivity index (χ4n) is 8.31. The molecule has 2 N–H and O–H groups in total. The van der Waals surface area contributed by atoms with E-state index in [-0.39, 0.29) is 17.2 Å². The van der Waals surface area contributed by atoms with Gasteiger partial charge < -0.3 is 20.1 Å². The number of nitrogens with zero attached hydrogens (tertiary/aromatic N) is 5.